The Morgan fingerprint density at radius 2 is 1.89 bits per heavy atom. The first-order chi connectivity index (χ1) is 13.6. The normalized spacial score (nSPS) is 10.4. The van der Waals surface area contributed by atoms with E-state index in [1.807, 2.05) is 6.92 Å². The van der Waals surface area contributed by atoms with Gasteiger partial charge in [0.25, 0.3) is 5.91 Å². The standard InChI is InChI=1S/C19H19N5O4/c1-3-24-17(21-22-23-24)12-28-16-6-4-5-14(11-16)18(25)20-15-9-7-13(8-10-15)19(26)27-2/h4-11H,3,12H2,1-2H3,(H,20,25). The SMILES string of the molecule is CCn1nnnc1COc1cccc(C(=O)Nc2ccc(C(=O)OC)cc2)c1. The van der Waals surface area contributed by atoms with Gasteiger partial charge in [0.05, 0.1) is 12.7 Å². The molecule has 2 aromatic carbocycles. The minimum Gasteiger partial charge on any atom is -0.486 e. The number of esters is 1. The lowest BCUT2D eigenvalue weighted by Crippen LogP contribution is -2.12. The van der Waals surface area contributed by atoms with E-state index < -0.39 is 5.97 Å². The molecule has 0 aliphatic rings. The van der Waals surface area contributed by atoms with Crippen LogP contribution in [0.15, 0.2) is 48.5 Å². The zero-order valence-electron chi connectivity index (χ0n) is 15.5. The number of tetrazole rings is 1. The average Bonchev–Trinajstić information content (AvgIpc) is 3.20. The monoisotopic (exact) mass is 381 g/mol. The first-order valence-electron chi connectivity index (χ1n) is 8.58. The summed E-state index contributed by atoms with van der Waals surface area (Å²) in [5.41, 5.74) is 1.40. The Balaban J connectivity index is 1.64. The number of ether oxygens (including phenoxy) is 2. The topological polar surface area (TPSA) is 108 Å². The smallest absolute Gasteiger partial charge is 0.337 e. The predicted octanol–water partition coefficient (Wildman–Crippen LogP) is 2.31. The van der Waals surface area contributed by atoms with Crippen molar-refractivity contribution in [3.8, 4) is 5.75 Å². The summed E-state index contributed by atoms with van der Waals surface area (Å²) in [7, 11) is 1.32. The molecule has 0 aliphatic heterocycles. The molecular formula is C19H19N5O4. The molecule has 1 heterocycles. The van der Waals surface area contributed by atoms with Crippen molar-refractivity contribution in [3.63, 3.8) is 0 Å². The molecular weight excluding hydrogens is 362 g/mol. The minimum absolute atomic E-state index is 0.195. The molecule has 1 aromatic heterocycles. The van der Waals surface area contributed by atoms with Crippen LogP contribution in [0.2, 0.25) is 0 Å². The fourth-order valence-electron chi connectivity index (χ4n) is 2.46. The van der Waals surface area contributed by atoms with E-state index in [4.69, 9.17) is 4.74 Å². The van der Waals surface area contributed by atoms with Crippen LogP contribution >= 0.6 is 0 Å². The largest absolute Gasteiger partial charge is 0.486 e. The van der Waals surface area contributed by atoms with Gasteiger partial charge in [-0.2, -0.15) is 0 Å². The molecule has 0 atom stereocenters. The number of anilines is 1. The Morgan fingerprint density at radius 3 is 2.61 bits per heavy atom. The highest BCUT2D eigenvalue weighted by Crippen LogP contribution is 2.17. The first kappa shape index (κ1) is 19.0. The Bertz CT molecular complexity index is 968. The molecule has 0 saturated heterocycles. The zero-order valence-corrected chi connectivity index (χ0v) is 15.5. The van der Waals surface area contributed by atoms with Crippen LogP contribution in [0.5, 0.6) is 5.75 Å². The van der Waals surface area contributed by atoms with E-state index in [1.54, 1.807) is 53.2 Å². The number of nitrogens with one attached hydrogen (secondary N) is 1. The highest BCUT2D eigenvalue weighted by Gasteiger charge is 2.10. The van der Waals surface area contributed by atoms with Gasteiger partial charge in [0.1, 0.15) is 12.4 Å². The second kappa shape index (κ2) is 8.76. The number of hydrogen-bond acceptors (Lipinski definition) is 7. The van der Waals surface area contributed by atoms with Crippen molar-refractivity contribution < 1.29 is 19.1 Å². The summed E-state index contributed by atoms with van der Waals surface area (Å²) in [6.07, 6.45) is 0. The highest BCUT2D eigenvalue weighted by molar-refractivity contribution is 6.04. The predicted molar refractivity (Wildman–Crippen MR) is 100.0 cm³/mol. The molecule has 0 saturated carbocycles. The van der Waals surface area contributed by atoms with E-state index >= 15 is 0 Å². The molecule has 3 aromatic rings. The Labute approximate surface area is 161 Å². The summed E-state index contributed by atoms with van der Waals surface area (Å²) >= 11 is 0. The van der Waals surface area contributed by atoms with Gasteiger partial charge in [-0.25, -0.2) is 9.48 Å². The van der Waals surface area contributed by atoms with Crippen LogP contribution in [0.25, 0.3) is 0 Å². The van der Waals surface area contributed by atoms with E-state index in [-0.39, 0.29) is 12.5 Å². The van der Waals surface area contributed by atoms with E-state index in [1.165, 1.54) is 7.11 Å². The van der Waals surface area contributed by atoms with Gasteiger partial charge in [0.2, 0.25) is 0 Å². The maximum Gasteiger partial charge on any atom is 0.337 e. The number of carbonyl (C=O) groups excluding carboxylic acids is 2. The van der Waals surface area contributed by atoms with Crippen molar-refractivity contribution in [2.24, 2.45) is 0 Å². The van der Waals surface area contributed by atoms with Gasteiger partial charge >= 0.3 is 5.97 Å². The van der Waals surface area contributed by atoms with Crippen LogP contribution < -0.4 is 10.1 Å². The molecule has 3 rings (SSSR count). The maximum atomic E-state index is 12.5. The quantitative estimate of drug-likeness (QED) is 0.626. The lowest BCUT2D eigenvalue weighted by Gasteiger charge is -2.09. The van der Waals surface area contributed by atoms with E-state index in [0.29, 0.717) is 34.9 Å². The molecule has 0 bridgehead atoms. The molecule has 9 nitrogen and oxygen atoms in total. The van der Waals surface area contributed by atoms with Gasteiger partial charge in [-0.1, -0.05) is 6.07 Å². The summed E-state index contributed by atoms with van der Waals surface area (Å²) in [5, 5.41) is 14.1. The van der Waals surface area contributed by atoms with Crippen molar-refractivity contribution in [1.29, 1.82) is 0 Å². The van der Waals surface area contributed by atoms with E-state index in [2.05, 4.69) is 25.6 Å². The maximum absolute atomic E-state index is 12.5. The number of aromatic nitrogens is 4. The number of nitrogens with zero attached hydrogens (tertiary/aromatic N) is 4. The van der Waals surface area contributed by atoms with Crippen LogP contribution in [-0.2, 0) is 17.9 Å². The lowest BCUT2D eigenvalue weighted by atomic mass is 10.1. The summed E-state index contributed by atoms with van der Waals surface area (Å²) in [5.74, 6) is 0.397. The van der Waals surface area contributed by atoms with Gasteiger partial charge in [0, 0.05) is 17.8 Å². The number of aryl methyl sites for hydroxylation is 1. The second-order valence-electron chi connectivity index (χ2n) is 5.75. The van der Waals surface area contributed by atoms with Crippen molar-refractivity contribution in [2.75, 3.05) is 12.4 Å². The molecule has 0 unspecified atom stereocenters. The van der Waals surface area contributed by atoms with Gasteiger partial charge in [-0.15, -0.1) is 5.10 Å². The van der Waals surface area contributed by atoms with Gasteiger partial charge in [-0.3, -0.25) is 4.79 Å². The fraction of sp³-hybridized carbons (Fsp3) is 0.211. The molecule has 1 amide bonds. The van der Waals surface area contributed by atoms with Crippen molar-refractivity contribution in [3.05, 3.63) is 65.5 Å². The van der Waals surface area contributed by atoms with E-state index in [0.717, 1.165) is 0 Å². The molecule has 0 aliphatic carbocycles. The third-order valence-electron chi connectivity index (χ3n) is 3.93. The lowest BCUT2D eigenvalue weighted by molar-refractivity contribution is 0.0600. The third-order valence-corrected chi connectivity index (χ3v) is 3.93. The summed E-state index contributed by atoms with van der Waals surface area (Å²) in [4.78, 5) is 23.9. The Kier molecular flexibility index (Phi) is 5.95. The molecule has 1 N–H and O–H groups in total. The number of amides is 1. The van der Waals surface area contributed by atoms with Crippen LogP contribution in [0.4, 0.5) is 5.69 Å². The van der Waals surface area contributed by atoms with Crippen molar-refractivity contribution in [1.82, 2.24) is 20.2 Å². The number of rotatable bonds is 7. The highest BCUT2D eigenvalue weighted by atomic mass is 16.5. The molecule has 0 radical (unpaired) electrons. The molecule has 28 heavy (non-hydrogen) atoms. The van der Waals surface area contributed by atoms with Crippen LogP contribution in [0.1, 0.15) is 33.5 Å². The molecule has 144 valence electrons. The minimum atomic E-state index is -0.433. The van der Waals surface area contributed by atoms with Gasteiger partial charge in [0.15, 0.2) is 5.82 Å². The van der Waals surface area contributed by atoms with Crippen LogP contribution in [0, 0.1) is 0 Å². The second-order valence-corrected chi connectivity index (χ2v) is 5.75. The summed E-state index contributed by atoms with van der Waals surface area (Å²) < 4.78 is 12.0. The number of methoxy groups -OCH3 is 1. The fourth-order valence-corrected chi connectivity index (χ4v) is 2.46. The van der Waals surface area contributed by atoms with E-state index in [9.17, 15) is 9.59 Å². The molecule has 0 fully saturated rings. The van der Waals surface area contributed by atoms with Gasteiger partial charge in [-0.05, 0) is 59.8 Å². The number of benzene rings is 2. The van der Waals surface area contributed by atoms with Crippen LogP contribution in [0.3, 0.4) is 0 Å². The Morgan fingerprint density at radius 1 is 1.11 bits per heavy atom. The Hall–Kier alpha value is -3.75. The third kappa shape index (κ3) is 4.50. The molecule has 9 heteroatoms. The van der Waals surface area contributed by atoms with Crippen molar-refractivity contribution in [2.45, 2.75) is 20.1 Å². The summed E-state index contributed by atoms with van der Waals surface area (Å²) in [6, 6.07) is 13.2. The average molecular weight is 381 g/mol. The number of hydrogen-bond donors (Lipinski definition) is 1. The summed E-state index contributed by atoms with van der Waals surface area (Å²) in [6.45, 7) is 2.77. The molecule has 0 spiro atoms. The first-order valence-corrected chi connectivity index (χ1v) is 8.58. The van der Waals surface area contributed by atoms with Gasteiger partial charge < -0.3 is 14.8 Å². The van der Waals surface area contributed by atoms with Crippen molar-refractivity contribution >= 4 is 17.6 Å². The number of carbonyl (C=O) groups is 2. The van der Waals surface area contributed by atoms with Crippen LogP contribution in [-0.4, -0.2) is 39.2 Å². The zero-order chi connectivity index (χ0) is 19.9.